The predicted octanol–water partition coefficient (Wildman–Crippen LogP) is 2.88. The van der Waals surface area contributed by atoms with Gasteiger partial charge in [0.05, 0.1) is 0 Å². The fraction of sp³-hybridized carbons (Fsp3) is 0.188. The molecule has 0 aliphatic carbocycles. The van der Waals surface area contributed by atoms with E-state index < -0.39 is 8.33 Å². The van der Waals surface area contributed by atoms with Crippen LogP contribution in [-0.4, -0.2) is 20.9 Å². The molecule has 2 heterocycles. The first-order chi connectivity index (χ1) is 11.1. The zero-order valence-electron chi connectivity index (χ0n) is 12.5. The number of hydrogen-bond donors (Lipinski definition) is 0. The van der Waals surface area contributed by atoms with E-state index in [-0.39, 0.29) is 18.6 Å². The van der Waals surface area contributed by atoms with E-state index in [4.69, 9.17) is 22.4 Å². The van der Waals surface area contributed by atoms with Gasteiger partial charge in [-0.2, -0.15) is 0 Å². The van der Waals surface area contributed by atoms with Gasteiger partial charge in [0.1, 0.15) is 0 Å². The van der Waals surface area contributed by atoms with E-state index in [1.807, 2.05) is 24.3 Å². The number of fused-ring (bicyclic) bond motifs is 2. The van der Waals surface area contributed by atoms with Crippen LogP contribution in [-0.2, 0) is 9.53 Å². The van der Waals surface area contributed by atoms with Crippen LogP contribution in [0.25, 0.3) is 0 Å². The first-order valence-corrected chi connectivity index (χ1v) is 9.68. The van der Waals surface area contributed by atoms with Gasteiger partial charge in [-0.05, 0) is 0 Å². The molecule has 2 aromatic carbocycles. The third-order valence-electron chi connectivity index (χ3n) is 3.74. The summed E-state index contributed by atoms with van der Waals surface area (Å²) in [6, 6.07) is 14.8. The Balaban J connectivity index is 1.71. The SMILES string of the molecule is CC(=O)OCC[Si-]12(Oc3ccccc3O1)Oc1ccccc1O2. The molecular formula is C16H15O6Si-. The number of rotatable bonds is 3. The van der Waals surface area contributed by atoms with Gasteiger partial charge in [-0.25, -0.2) is 0 Å². The van der Waals surface area contributed by atoms with Crippen LogP contribution >= 0.6 is 0 Å². The van der Waals surface area contributed by atoms with Gasteiger partial charge in [0.2, 0.25) is 0 Å². The van der Waals surface area contributed by atoms with E-state index in [2.05, 4.69) is 0 Å². The Labute approximate surface area is 133 Å². The molecule has 2 aromatic rings. The second-order valence-corrected chi connectivity index (χ2v) is 8.94. The van der Waals surface area contributed by atoms with E-state index in [1.54, 1.807) is 24.3 Å². The van der Waals surface area contributed by atoms with Crippen molar-refractivity contribution >= 4 is 14.3 Å². The Bertz CT molecular complexity index is 677. The molecule has 0 bridgehead atoms. The number of esters is 1. The van der Waals surface area contributed by atoms with Gasteiger partial charge in [0.15, 0.2) is 0 Å². The van der Waals surface area contributed by atoms with Crippen LogP contribution in [0.2, 0.25) is 6.04 Å². The summed E-state index contributed by atoms with van der Waals surface area (Å²) < 4.78 is 29.5. The molecule has 0 aromatic heterocycles. The molecule has 0 fully saturated rings. The summed E-state index contributed by atoms with van der Waals surface area (Å²) in [7, 11) is -4.26. The molecule has 0 amide bonds. The van der Waals surface area contributed by atoms with Crippen LogP contribution in [0.15, 0.2) is 48.5 Å². The molecule has 120 valence electrons. The fourth-order valence-corrected chi connectivity index (χ4v) is 6.25. The molecule has 23 heavy (non-hydrogen) atoms. The summed E-state index contributed by atoms with van der Waals surface area (Å²) in [6.07, 6.45) is 0. The molecule has 0 unspecified atom stereocenters. The molecule has 0 radical (unpaired) electrons. The van der Waals surface area contributed by atoms with Gasteiger partial charge in [-0.15, -0.1) is 0 Å². The second-order valence-electron chi connectivity index (χ2n) is 5.47. The number of carbonyl (C=O) groups is 1. The molecule has 0 saturated heterocycles. The Morgan fingerprint density at radius 3 is 1.61 bits per heavy atom. The average molecular weight is 331 g/mol. The molecule has 1 spiro atoms. The second kappa shape index (κ2) is 4.66. The number of ether oxygens (including phenoxy) is 1. The minimum absolute atomic E-state index is 0.0884. The van der Waals surface area contributed by atoms with Crippen LogP contribution < -0.4 is 17.7 Å². The summed E-state index contributed by atoms with van der Waals surface area (Å²) in [5.74, 6) is 1.89. The van der Waals surface area contributed by atoms with Crippen molar-refractivity contribution in [1.29, 1.82) is 0 Å². The van der Waals surface area contributed by atoms with E-state index in [0.717, 1.165) is 0 Å². The van der Waals surface area contributed by atoms with Crippen molar-refractivity contribution < 1.29 is 27.2 Å². The molecule has 2 aliphatic rings. The third kappa shape index (κ3) is 2.20. The van der Waals surface area contributed by atoms with Crippen molar-refractivity contribution in [2.45, 2.75) is 13.0 Å². The van der Waals surface area contributed by atoms with Crippen LogP contribution in [0.3, 0.4) is 0 Å². The number of carbonyl (C=O) groups excluding carboxylic acids is 1. The molecule has 2 aliphatic heterocycles. The quantitative estimate of drug-likeness (QED) is 0.636. The maximum atomic E-state index is 11.1. The molecule has 0 atom stereocenters. The Hall–Kier alpha value is -2.67. The predicted molar refractivity (Wildman–Crippen MR) is 82.6 cm³/mol. The zero-order chi connectivity index (χ0) is 15.9. The normalized spacial score (nSPS) is 19.8. The van der Waals surface area contributed by atoms with Crippen LogP contribution in [0, 0.1) is 0 Å². The van der Waals surface area contributed by atoms with Crippen molar-refractivity contribution in [3.63, 3.8) is 0 Å². The zero-order valence-corrected chi connectivity index (χ0v) is 13.5. The Morgan fingerprint density at radius 2 is 1.26 bits per heavy atom. The maximum absolute atomic E-state index is 11.1. The average Bonchev–Trinajstić information content (AvgIpc) is 3.00. The number of benzene rings is 2. The molecule has 7 heteroatoms. The van der Waals surface area contributed by atoms with Crippen LogP contribution in [0.4, 0.5) is 0 Å². The molecule has 4 rings (SSSR count). The third-order valence-corrected chi connectivity index (χ3v) is 7.22. The summed E-state index contributed by atoms with van der Waals surface area (Å²) in [5.41, 5.74) is 0. The number of para-hydroxylation sites is 4. The Kier molecular flexibility index (Phi) is 2.83. The van der Waals surface area contributed by atoms with Gasteiger partial charge in [0, 0.05) is 0 Å². The van der Waals surface area contributed by atoms with Gasteiger partial charge in [0.25, 0.3) is 0 Å². The summed E-state index contributed by atoms with van der Waals surface area (Å²) >= 11 is 0. The summed E-state index contributed by atoms with van der Waals surface area (Å²) in [6.45, 7) is 1.44. The molecule has 0 saturated carbocycles. The van der Waals surface area contributed by atoms with E-state index in [1.165, 1.54) is 6.92 Å². The van der Waals surface area contributed by atoms with Crippen molar-refractivity contribution in [2.24, 2.45) is 0 Å². The first-order valence-electron chi connectivity index (χ1n) is 7.34. The molecule has 0 N–H and O–H groups in total. The summed E-state index contributed by atoms with van der Waals surface area (Å²) in [4.78, 5) is 11.1. The van der Waals surface area contributed by atoms with Crippen LogP contribution in [0.5, 0.6) is 23.0 Å². The van der Waals surface area contributed by atoms with Crippen molar-refractivity contribution in [3.8, 4) is 23.0 Å². The fourth-order valence-electron chi connectivity index (χ4n) is 2.78. The summed E-state index contributed by atoms with van der Waals surface area (Å²) in [5, 5.41) is 0. The Morgan fingerprint density at radius 1 is 0.870 bits per heavy atom. The van der Waals surface area contributed by atoms with Crippen molar-refractivity contribution in [2.75, 3.05) is 6.61 Å². The number of hydrogen-bond acceptors (Lipinski definition) is 6. The van der Waals surface area contributed by atoms with Crippen molar-refractivity contribution in [3.05, 3.63) is 48.5 Å². The van der Waals surface area contributed by atoms with Gasteiger partial charge >= 0.3 is 133 Å². The first kappa shape index (κ1) is 14.0. The van der Waals surface area contributed by atoms with E-state index in [9.17, 15) is 4.79 Å². The van der Waals surface area contributed by atoms with Gasteiger partial charge in [-0.1, -0.05) is 0 Å². The monoisotopic (exact) mass is 331 g/mol. The standard InChI is InChI=1S/C16H15O6Si/c1-12(17)18-10-11-23(19-13-6-2-3-7-14(13)20-23)21-15-8-4-5-9-16(15)22-23/h2-9H,10-11H2,1H3/q-1. The van der Waals surface area contributed by atoms with Gasteiger partial charge in [-0.3, -0.25) is 0 Å². The molecule has 6 nitrogen and oxygen atoms in total. The van der Waals surface area contributed by atoms with Crippen molar-refractivity contribution in [1.82, 2.24) is 0 Å². The molecular weight excluding hydrogens is 316 g/mol. The van der Waals surface area contributed by atoms with E-state index >= 15 is 0 Å². The minimum atomic E-state index is -4.26. The van der Waals surface area contributed by atoms with Crippen LogP contribution in [0.1, 0.15) is 6.92 Å². The topological polar surface area (TPSA) is 63.2 Å². The van der Waals surface area contributed by atoms with Gasteiger partial charge < -0.3 is 0 Å². The van der Waals surface area contributed by atoms with E-state index in [0.29, 0.717) is 23.0 Å².